The molecule has 1 atom stereocenters. The lowest BCUT2D eigenvalue weighted by molar-refractivity contribution is -0.116. The van der Waals surface area contributed by atoms with Gasteiger partial charge < -0.3 is 10.3 Å². The van der Waals surface area contributed by atoms with E-state index in [1.165, 1.54) is 5.56 Å². The van der Waals surface area contributed by atoms with Crippen molar-refractivity contribution in [2.75, 3.05) is 6.54 Å². The van der Waals surface area contributed by atoms with Gasteiger partial charge in [0.05, 0.1) is 11.7 Å². The minimum atomic E-state index is -0.205. The molecule has 168 valence electrons. The molecular weight excluding hydrogens is 420 g/mol. The van der Waals surface area contributed by atoms with Gasteiger partial charge in [-0.05, 0) is 59.7 Å². The second-order valence-electron chi connectivity index (χ2n) is 8.91. The van der Waals surface area contributed by atoms with Gasteiger partial charge in [0.2, 0.25) is 5.91 Å². The molecule has 1 amide bonds. The smallest absolute Gasteiger partial charge is 0.248 e. The van der Waals surface area contributed by atoms with Crippen molar-refractivity contribution in [1.82, 2.24) is 15.3 Å². The number of benzene rings is 2. The van der Waals surface area contributed by atoms with Crippen molar-refractivity contribution in [1.29, 1.82) is 0 Å². The number of H-pyrrole nitrogens is 1. The summed E-state index contributed by atoms with van der Waals surface area (Å²) >= 11 is 0. The summed E-state index contributed by atoms with van der Waals surface area (Å²) in [5.41, 5.74) is 10.5. The van der Waals surface area contributed by atoms with E-state index in [0.29, 0.717) is 13.0 Å². The normalized spacial score (nSPS) is 15.8. The maximum atomic E-state index is 13.5. The number of nitrogens with one attached hydrogen (secondary N) is 2. The Labute approximate surface area is 198 Å². The van der Waals surface area contributed by atoms with Crippen LogP contribution in [0.4, 0.5) is 0 Å². The lowest BCUT2D eigenvalue weighted by atomic mass is 9.96. The average Bonchev–Trinajstić information content (AvgIpc) is 3.47. The third-order valence-corrected chi connectivity index (χ3v) is 7.03. The van der Waals surface area contributed by atoms with Crippen molar-refractivity contribution < 1.29 is 4.79 Å². The maximum absolute atomic E-state index is 13.5. The van der Waals surface area contributed by atoms with Crippen LogP contribution in [0.1, 0.15) is 41.8 Å². The second kappa shape index (κ2) is 8.10. The highest BCUT2D eigenvalue weighted by Crippen LogP contribution is 2.47. The van der Waals surface area contributed by atoms with Crippen LogP contribution in [0.15, 0.2) is 71.9 Å². The second-order valence-corrected chi connectivity index (χ2v) is 8.91. The Hall–Kier alpha value is -3.99. The Balaban J connectivity index is 1.46. The van der Waals surface area contributed by atoms with Crippen LogP contribution >= 0.6 is 0 Å². The molecule has 0 fully saturated rings. The summed E-state index contributed by atoms with van der Waals surface area (Å²) in [6.45, 7) is 4.85. The Morgan fingerprint density at radius 1 is 1.03 bits per heavy atom. The summed E-state index contributed by atoms with van der Waals surface area (Å²) in [7, 11) is 0. The third-order valence-electron chi connectivity index (χ3n) is 7.03. The fourth-order valence-corrected chi connectivity index (χ4v) is 5.34. The van der Waals surface area contributed by atoms with E-state index in [2.05, 4.69) is 77.7 Å². The number of carbonyl (C=O) groups excluding carboxylic acids is 1. The minimum absolute atomic E-state index is 0.0323. The zero-order valence-electron chi connectivity index (χ0n) is 19.4. The highest BCUT2D eigenvalue weighted by Gasteiger charge is 2.32. The van der Waals surface area contributed by atoms with Crippen molar-refractivity contribution in [3.05, 3.63) is 100.0 Å². The fraction of sp³-hybridized carbons (Fsp3) is 0.207. The van der Waals surface area contributed by atoms with Gasteiger partial charge in [0.1, 0.15) is 5.49 Å². The molecular formula is C29H26N4O. The molecule has 2 N–H and O–H groups in total. The van der Waals surface area contributed by atoms with Crippen molar-refractivity contribution >= 4 is 11.5 Å². The molecule has 1 aliphatic heterocycles. The van der Waals surface area contributed by atoms with Crippen LogP contribution in [0.25, 0.3) is 28.0 Å². The Morgan fingerprint density at radius 3 is 2.71 bits per heavy atom. The zero-order chi connectivity index (χ0) is 23.2. The molecule has 1 unspecified atom stereocenters. The third kappa shape index (κ3) is 3.19. The van der Waals surface area contributed by atoms with Crippen LogP contribution in [-0.2, 0) is 11.2 Å². The van der Waals surface area contributed by atoms with Crippen LogP contribution in [0.5, 0.6) is 0 Å². The van der Waals surface area contributed by atoms with E-state index in [-0.39, 0.29) is 11.9 Å². The molecule has 2 aliphatic rings. The van der Waals surface area contributed by atoms with Crippen LogP contribution in [-0.4, -0.2) is 22.4 Å². The molecule has 6 rings (SSSR count). The largest absolute Gasteiger partial charge is 0.346 e. The molecule has 0 spiro atoms. The van der Waals surface area contributed by atoms with Crippen LogP contribution in [0.2, 0.25) is 0 Å². The molecule has 5 nitrogen and oxygen atoms in total. The lowest BCUT2D eigenvalue weighted by Gasteiger charge is -2.18. The van der Waals surface area contributed by atoms with Gasteiger partial charge in [-0.1, -0.05) is 55.5 Å². The molecule has 0 bridgehead atoms. The van der Waals surface area contributed by atoms with Crippen molar-refractivity contribution in [2.45, 2.75) is 32.7 Å². The number of aryl methyl sites for hydroxylation is 2. The van der Waals surface area contributed by atoms with E-state index in [1.54, 1.807) is 0 Å². The Bertz CT molecular complexity index is 1560. The standard InChI is InChI=1S/C29H26N4O/c1-3-18-11-12-25(32-17(18)2)23-9-6-10-24-26(23)19-7-4-5-8-20(19)27(24)33-29(34)22-14-16-31-28-21(22)13-15-30-28/h4-13,15,27H,3,14,16H2,1-2H3,(H,30,31)(H,33,34). The van der Waals surface area contributed by atoms with Gasteiger partial charge in [0, 0.05) is 34.8 Å². The summed E-state index contributed by atoms with van der Waals surface area (Å²) in [4.78, 5) is 26.0. The Morgan fingerprint density at radius 2 is 1.85 bits per heavy atom. The van der Waals surface area contributed by atoms with Crippen LogP contribution < -0.4 is 16.0 Å². The highest BCUT2D eigenvalue weighted by atomic mass is 16.1. The minimum Gasteiger partial charge on any atom is -0.346 e. The highest BCUT2D eigenvalue weighted by molar-refractivity contribution is 6.14. The SMILES string of the molecule is CCc1ccc(-c2cccc3c2-c2ccccc2C3NC(=O)C2=c3cc[nH]c3=NCC2)nc1C. The predicted octanol–water partition coefficient (Wildman–Crippen LogP) is 4.01. The van der Waals surface area contributed by atoms with E-state index in [4.69, 9.17) is 4.98 Å². The molecule has 0 radical (unpaired) electrons. The number of aromatic amines is 1. The number of nitrogens with zero attached hydrogens (tertiary/aromatic N) is 2. The summed E-state index contributed by atoms with van der Waals surface area (Å²) in [6, 6.07) is 20.7. The van der Waals surface area contributed by atoms with Crippen molar-refractivity contribution in [3.8, 4) is 22.4 Å². The number of hydrogen-bond acceptors (Lipinski definition) is 3. The topological polar surface area (TPSA) is 70.1 Å². The van der Waals surface area contributed by atoms with Gasteiger partial charge in [-0.3, -0.25) is 14.8 Å². The van der Waals surface area contributed by atoms with Gasteiger partial charge in [-0.25, -0.2) is 0 Å². The van der Waals surface area contributed by atoms with Crippen molar-refractivity contribution in [2.24, 2.45) is 4.99 Å². The summed E-state index contributed by atoms with van der Waals surface area (Å²) in [5.74, 6) is -0.0323. The van der Waals surface area contributed by atoms with Gasteiger partial charge in [-0.2, -0.15) is 0 Å². The molecule has 3 heterocycles. The summed E-state index contributed by atoms with van der Waals surface area (Å²) in [6.07, 6.45) is 3.46. The first kappa shape index (κ1) is 20.6. The summed E-state index contributed by atoms with van der Waals surface area (Å²) in [5, 5.41) is 4.25. The number of hydrogen-bond donors (Lipinski definition) is 2. The number of fused-ring (bicyclic) bond motifs is 4. The van der Waals surface area contributed by atoms with Gasteiger partial charge in [0.15, 0.2) is 0 Å². The van der Waals surface area contributed by atoms with Gasteiger partial charge in [0.25, 0.3) is 0 Å². The molecule has 2 aromatic carbocycles. The number of pyridine rings is 1. The molecule has 34 heavy (non-hydrogen) atoms. The van der Waals surface area contributed by atoms with E-state index in [9.17, 15) is 4.79 Å². The first-order chi connectivity index (χ1) is 16.7. The first-order valence-corrected chi connectivity index (χ1v) is 11.9. The summed E-state index contributed by atoms with van der Waals surface area (Å²) < 4.78 is 0. The quantitative estimate of drug-likeness (QED) is 0.497. The number of amides is 1. The van der Waals surface area contributed by atoms with E-state index in [1.807, 2.05) is 18.3 Å². The number of carbonyl (C=O) groups is 1. The van der Waals surface area contributed by atoms with Crippen LogP contribution in [0, 0.1) is 6.92 Å². The molecule has 2 aromatic heterocycles. The van der Waals surface area contributed by atoms with Gasteiger partial charge >= 0.3 is 0 Å². The maximum Gasteiger partial charge on any atom is 0.248 e. The van der Waals surface area contributed by atoms with Crippen LogP contribution in [0.3, 0.4) is 0 Å². The Kier molecular flexibility index (Phi) is 4.91. The van der Waals surface area contributed by atoms with E-state index < -0.39 is 0 Å². The van der Waals surface area contributed by atoms with Crippen molar-refractivity contribution in [3.63, 3.8) is 0 Å². The molecule has 0 saturated heterocycles. The number of rotatable bonds is 4. The van der Waals surface area contributed by atoms with E-state index in [0.717, 1.165) is 61.9 Å². The zero-order valence-corrected chi connectivity index (χ0v) is 19.4. The van der Waals surface area contributed by atoms with Gasteiger partial charge in [-0.15, -0.1) is 0 Å². The lowest BCUT2D eigenvalue weighted by Crippen LogP contribution is -2.37. The fourth-order valence-electron chi connectivity index (χ4n) is 5.34. The molecule has 1 aliphatic carbocycles. The predicted molar refractivity (Wildman–Crippen MR) is 134 cm³/mol. The molecule has 0 saturated carbocycles. The van der Waals surface area contributed by atoms with E-state index >= 15 is 0 Å². The molecule has 5 heteroatoms. The monoisotopic (exact) mass is 446 g/mol. The molecule has 4 aromatic rings. The average molecular weight is 447 g/mol. The number of aromatic nitrogens is 2. The first-order valence-electron chi connectivity index (χ1n) is 11.9.